The lowest BCUT2D eigenvalue weighted by atomic mass is 10.2. The van der Waals surface area contributed by atoms with E-state index in [4.69, 9.17) is 20.3 Å². The van der Waals surface area contributed by atoms with Crippen LogP contribution in [0.2, 0.25) is 0 Å². The maximum absolute atomic E-state index is 14.5. The molecular formula is C17H19FN6O6S2. The summed E-state index contributed by atoms with van der Waals surface area (Å²) in [5.74, 6) is -0.0169. The minimum atomic E-state index is -4.20. The Labute approximate surface area is 185 Å². The quantitative estimate of drug-likeness (QED) is 0.425. The molecule has 0 aliphatic carbocycles. The SMILES string of the molecule is COc1ccc(Sc2nn([C@H]3C[C@H](O)[C@@H](COS(N)(=O)=O)O3)c3ncnc(N)c23)c(F)c1. The average Bonchev–Trinajstić information content (AvgIpc) is 3.28. The second-order valence-corrected chi connectivity index (χ2v) is 9.07. The minimum Gasteiger partial charge on any atom is -0.497 e. The highest BCUT2D eigenvalue weighted by Crippen LogP contribution is 2.39. The Hall–Kier alpha value is -2.56. The number of anilines is 1. The fourth-order valence-corrected chi connectivity index (χ4v) is 4.46. The van der Waals surface area contributed by atoms with Gasteiger partial charge in [0, 0.05) is 17.4 Å². The van der Waals surface area contributed by atoms with Gasteiger partial charge < -0.3 is 20.3 Å². The van der Waals surface area contributed by atoms with Gasteiger partial charge >= 0.3 is 10.3 Å². The summed E-state index contributed by atoms with van der Waals surface area (Å²) in [6.07, 6.45) is -1.51. The van der Waals surface area contributed by atoms with Crippen LogP contribution < -0.4 is 15.6 Å². The third-order valence-corrected chi connectivity index (χ3v) is 6.20. The van der Waals surface area contributed by atoms with Gasteiger partial charge in [-0.2, -0.15) is 13.5 Å². The highest BCUT2D eigenvalue weighted by atomic mass is 32.2. The molecule has 3 atom stereocenters. The number of nitrogens with two attached hydrogens (primary N) is 2. The summed E-state index contributed by atoms with van der Waals surface area (Å²) in [4.78, 5) is 8.46. The molecule has 2 aromatic heterocycles. The normalized spacial score (nSPS) is 21.3. The monoisotopic (exact) mass is 486 g/mol. The lowest BCUT2D eigenvalue weighted by molar-refractivity contribution is -0.0415. The molecule has 5 N–H and O–H groups in total. The molecule has 15 heteroatoms. The van der Waals surface area contributed by atoms with Gasteiger partial charge in [-0.3, -0.25) is 4.18 Å². The number of aromatic nitrogens is 4. The van der Waals surface area contributed by atoms with Crippen LogP contribution in [0.4, 0.5) is 10.2 Å². The number of aliphatic hydroxyl groups excluding tert-OH is 1. The van der Waals surface area contributed by atoms with Crippen LogP contribution in [0.1, 0.15) is 12.6 Å². The Morgan fingerprint density at radius 3 is 2.88 bits per heavy atom. The third kappa shape index (κ3) is 4.62. The number of methoxy groups -OCH3 is 1. The van der Waals surface area contributed by atoms with Gasteiger partial charge in [0.15, 0.2) is 11.9 Å². The van der Waals surface area contributed by atoms with E-state index in [1.807, 2.05) is 0 Å². The van der Waals surface area contributed by atoms with Crippen LogP contribution in [0.15, 0.2) is 34.4 Å². The molecule has 1 aliphatic rings. The molecule has 0 saturated carbocycles. The van der Waals surface area contributed by atoms with Crippen molar-refractivity contribution in [1.82, 2.24) is 19.7 Å². The van der Waals surface area contributed by atoms with Crippen LogP contribution in [-0.2, 0) is 19.2 Å². The van der Waals surface area contributed by atoms with Gasteiger partial charge in [0.25, 0.3) is 0 Å². The van der Waals surface area contributed by atoms with Crippen molar-refractivity contribution in [3.8, 4) is 5.75 Å². The molecule has 0 unspecified atom stereocenters. The number of nitrogen functional groups attached to an aromatic ring is 1. The second-order valence-electron chi connectivity index (χ2n) is 6.82. The lowest BCUT2D eigenvalue weighted by Crippen LogP contribution is -2.30. The number of halogens is 1. The van der Waals surface area contributed by atoms with E-state index < -0.39 is 41.2 Å². The van der Waals surface area contributed by atoms with Gasteiger partial charge in [-0.1, -0.05) is 11.8 Å². The summed E-state index contributed by atoms with van der Waals surface area (Å²) in [7, 11) is -2.76. The van der Waals surface area contributed by atoms with E-state index >= 15 is 0 Å². The molecule has 1 aromatic carbocycles. The Morgan fingerprint density at radius 2 is 2.19 bits per heavy atom. The lowest BCUT2D eigenvalue weighted by Gasteiger charge is -2.14. The van der Waals surface area contributed by atoms with Crippen LogP contribution in [0.25, 0.3) is 11.0 Å². The Balaban J connectivity index is 1.66. The van der Waals surface area contributed by atoms with E-state index in [1.165, 1.54) is 24.2 Å². The summed E-state index contributed by atoms with van der Waals surface area (Å²) in [6.45, 7) is -0.467. The Kier molecular flexibility index (Phi) is 6.19. The first-order valence-corrected chi connectivity index (χ1v) is 11.5. The van der Waals surface area contributed by atoms with Gasteiger partial charge in [0.1, 0.15) is 34.8 Å². The molecule has 1 fully saturated rings. The fourth-order valence-electron chi connectivity index (χ4n) is 3.21. The molecule has 12 nitrogen and oxygen atoms in total. The first-order valence-electron chi connectivity index (χ1n) is 9.17. The van der Waals surface area contributed by atoms with Gasteiger partial charge in [-0.25, -0.2) is 24.2 Å². The van der Waals surface area contributed by atoms with Crippen molar-refractivity contribution >= 4 is 38.9 Å². The average molecular weight is 487 g/mol. The van der Waals surface area contributed by atoms with Crippen LogP contribution in [0.3, 0.4) is 0 Å². The summed E-state index contributed by atoms with van der Waals surface area (Å²) in [6, 6.07) is 4.39. The molecule has 1 aliphatic heterocycles. The topological polar surface area (TPSA) is 178 Å². The van der Waals surface area contributed by atoms with Crippen molar-refractivity contribution in [2.75, 3.05) is 19.5 Å². The summed E-state index contributed by atoms with van der Waals surface area (Å²) in [5, 5.41) is 20.3. The van der Waals surface area contributed by atoms with Crippen molar-refractivity contribution in [3.63, 3.8) is 0 Å². The third-order valence-electron chi connectivity index (χ3n) is 4.71. The van der Waals surface area contributed by atoms with E-state index in [0.29, 0.717) is 21.8 Å². The predicted molar refractivity (Wildman–Crippen MR) is 110 cm³/mol. The number of nitrogens with zero attached hydrogens (tertiary/aromatic N) is 4. The van der Waals surface area contributed by atoms with E-state index in [1.54, 1.807) is 12.1 Å². The van der Waals surface area contributed by atoms with E-state index in [0.717, 1.165) is 11.8 Å². The molecule has 0 amide bonds. The van der Waals surface area contributed by atoms with Crippen molar-refractivity contribution < 1.29 is 31.6 Å². The zero-order valence-electron chi connectivity index (χ0n) is 16.6. The van der Waals surface area contributed by atoms with Crippen LogP contribution >= 0.6 is 11.8 Å². The van der Waals surface area contributed by atoms with E-state index in [2.05, 4.69) is 19.2 Å². The number of rotatable bonds is 7. The molecule has 0 spiro atoms. The highest BCUT2D eigenvalue weighted by Gasteiger charge is 2.38. The zero-order chi connectivity index (χ0) is 23.0. The van der Waals surface area contributed by atoms with Crippen LogP contribution in [-0.4, -0.2) is 59.2 Å². The fraction of sp³-hybridized carbons (Fsp3) is 0.353. The molecule has 172 valence electrons. The standard InChI is InChI=1S/C17H19FN6O6S2/c1-28-8-2-3-12(9(18)4-8)31-17-14-15(19)21-7-22-16(14)24(23-17)13-5-10(25)11(30-13)6-29-32(20,26)27/h2-4,7,10-11,13,25H,5-6H2,1H3,(H2,19,21,22)(H2,20,26,27)/t10-,11+,13+/m0/s1. The molecule has 3 aromatic rings. The number of ether oxygens (including phenoxy) is 2. The van der Waals surface area contributed by atoms with Gasteiger partial charge in [0.05, 0.1) is 25.2 Å². The molecule has 32 heavy (non-hydrogen) atoms. The van der Waals surface area contributed by atoms with Crippen molar-refractivity contribution in [2.24, 2.45) is 5.14 Å². The number of fused-ring (bicyclic) bond motifs is 1. The number of hydrogen-bond donors (Lipinski definition) is 3. The second kappa shape index (κ2) is 8.76. The number of aliphatic hydroxyl groups is 1. The minimum absolute atomic E-state index is 0.0698. The van der Waals surface area contributed by atoms with Gasteiger partial charge in [-0.05, 0) is 12.1 Å². The summed E-state index contributed by atoms with van der Waals surface area (Å²) < 4.78 is 53.2. The Morgan fingerprint density at radius 1 is 1.41 bits per heavy atom. The Bertz CT molecular complexity index is 1260. The van der Waals surface area contributed by atoms with Gasteiger partial charge in [-0.15, -0.1) is 0 Å². The zero-order valence-corrected chi connectivity index (χ0v) is 18.2. The highest BCUT2D eigenvalue weighted by molar-refractivity contribution is 7.99. The molecule has 1 saturated heterocycles. The van der Waals surface area contributed by atoms with E-state index in [-0.39, 0.29) is 17.1 Å². The summed E-state index contributed by atoms with van der Waals surface area (Å²) >= 11 is 1.01. The first-order chi connectivity index (χ1) is 15.2. The first kappa shape index (κ1) is 22.6. The number of benzene rings is 1. The summed E-state index contributed by atoms with van der Waals surface area (Å²) in [5.41, 5.74) is 6.34. The molecule has 0 bridgehead atoms. The van der Waals surface area contributed by atoms with Crippen molar-refractivity contribution in [1.29, 1.82) is 0 Å². The molecular weight excluding hydrogens is 467 g/mol. The predicted octanol–water partition coefficient (Wildman–Crippen LogP) is 0.576. The smallest absolute Gasteiger partial charge is 0.333 e. The number of hydrogen-bond acceptors (Lipinski definition) is 11. The van der Waals surface area contributed by atoms with Crippen molar-refractivity contribution in [3.05, 3.63) is 30.3 Å². The van der Waals surface area contributed by atoms with Gasteiger partial charge in [0.2, 0.25) is 0 Å². The maximum atomic E-state index is 14.5. The van der Waals surface area contributed by atoms with Crippen LogP contribution in [0, 0.1) is 5.82 Å². The maximum Gasteiger partial charge on any atom is 0.333 e. The van der Waals surface area contributed by atoms with Crippen LogP contribution in [0.5, 0.6) is 5.75 Å². The molecule has 0 radical (unpaired) electrons. The van der Waals surface area contributed by atoms with Crippen molar-refractivity contribution in [2.45, 2.75) is 34.8 Å². The molecule has 3 heterocycles. The largest absolute Gasteiger partial charge is 0.497 e. The van der Waals surface area contributed by atoms with E-state index in [9.17, 15) is 17.9 Å². The molecule has 4 rings (SSSR count).